The van der Waals surface area contributed by atoms with Crippen LogP contribution in [-0.4, -0.2) is 15.5 Å². The van der Waals surface area contributed by atoms with Crippen LogP contribution in [0.25, 0.3) is 0 Å². The summed E-state index contributed by atoms with van der Waals surface area (Å²) in [6, 6.07) is 3.41. The second kappa shape index (κ2) is 4.18. The molecule has 0 spiro atoms. The first-order valence-corrected chi connectivity index (χ1v) is 5.78. The van der Waals surface area contributed by atoms with Gasteiger partial charge in [0, 0.05) is 0 Å². The van der Waals surface area contributed by atoms with E-state index in [1.54, 1.807) is 23.9 Å². The van der Waals surface area contributed by atoms with E-state index in [0.29, 0.717) is 11.3 Å². The quantitative estimate of drug-likeness (QED) is 0.584. The van der Waals surface area contributed by atoms with Crippen LogP contribution in [0.5, 0.6) is 5.75 Å². The number of hydrogen-bond acceptors (Lipinski definition) is 4. The van der Waals surface area contributed by atoms with Crippen LogP contribution in [0.15, 0.2) is 17.0 Å². The number of methoxy groups -OCH3 is 1. The Labute approximate surface area is 89.3 Å². The SMILES string of the molecule is COc1cc(C)cc(C)c1S(=O)(=O)NN. The van der Waals surface area contributed by atoms with E-state index < -0.39 is 10.0 Å². The zero-order valence-corrected chi connectivity index (χ0v) is 9.68. The monoisotopic (exact) mass is 230 g/mol. The molecule has 0 atom stereocenters. The van der Waals surface area contributed by atoms with Crippen LogP contribution in [0.3, 0.4) is 0 Å². The van der Waals surface area contributed by atoms with E-state index in [9.17, 15) is 8.42 Å². The maximum absolute atomic E-state index is 11.6. The first-order valence-electron chi connectivity index (χ1n) is 4.30. The Bertz CT molecular complexity index is 468. The van der Waals surface area contributed by atoms with Gasteiger partial charge in [0.1, 0.15) is 10.6 Å². The number of aryl methyl sites for hydroxylation is 2. The molecular formula is C9H14N2O3S. The van der Waals surface area contributed by atoms with Gasteiger partial charge in [0.25, 0.3) is 10.0 Å². The first-order chi connectivity index (χ1) is 6.92. The number of nitrogens with two attached hydrogens (primary N) is 1. The van der Waals surface area contributed by atoms with E-state index in [-0.39, 0.29) is 4.90 Å². The molecule has 1 aromatic carbocycles. The van der Waals surface area contributed by atoms with E-state index >= 15 is 0 Å². The van der Waals surface area contributed by atoms with Gasteiger partial charge in [-0.3, -0.25) is 5.84 Å². The fourth-order valence-corrected chi connectivity index (χ4v) is 2.48. The zero-order valence-electron chi connectivity index (χ0n) is 8.87. The average Bonchev–Trinajstić information content (AvgIpc) is 2.15. The van der Waals surface area contributed by atoms with Crippen LogP contribution in [-0.2, 0) is 10.0 Å². The number of nitrogens with one attached hydrogen (secondary N) is 1. The third kappa shape index (κ3) is 2.28. The van der Waals surface area contributed by atoms with Gasteiger partial charge in [-0.2, -0.15) is 0 Å². The van der Waals surface area contributed by atoms with Gasteiger partial charge in [-0.25, -0.2) is 8.42 Å². The summed E-state index contributed by atoms with van der Waals surface area (Å²) < 4.78 is 28.2. The van der Waals surface area contributed by atoms with Crippen molar-refractivity contribution in [3.05, 3.63) is 23.3 Å². The Morgan fingerprint density at radius 2 is 1.93 bits per heavy atom. The van der Waals surface area contributed by atoms with E-state index in [1.807, 2.05) is 6.92 Å². The smallest absolute Gasteiger partial charge is 0.257 e. The molecule has 0 bridgehead atoms. The van der Waals surface area contributed by atoms with Crippen LogP contribution in [0.1, 0.15) is 11.1 Å². The van der Waals surface area contributed by atoms with Crippen molar-refractivity contribution >= 4 is 10.0 Å². The summed E-state index contributed by atoms with van der Waals surface area (Å²) in [4.78, 5) is 1.87. The largest absolute Gasteiger partial charge is 0.495 e. The summed E-state index contributed by atoms with van der Waals surface area (Å²) in [5.41, 5.74) is 1.53. The molecule has 0 aliphatic carbocycles. The molecule has 0 aliphatic rings. The molecule has 0 saturated heterocycles. The molecule has 0 aromatic heterocycles. The van der Waals surface area contributed by atoms with Crippen LogP contribution in [0.4, 0.5) is 0 Å². The summed E-state index contributed by atoms with van der Waals surface area (Å²) >= 11 is 0. The second-order valence-electron chi connectivity index (χ2n) is 3.23. The molecule has 0 saturated carbocycles. The lowest BCUT2D eigenvalue weighted by Crippen LogP contribution is -2.31. The molecule has 0 heterocycles. The summed E-state index contributed by atoms with van der Waals surface area (Å²) in [7, 11) is -2.27. The minimum atomic E-state index is -3.69. The van der Waals surface area contributed by atoms with Gasteiger partial charge in [0.2, 0.25) is 0 Å². The maximum atomic E-state index is 11.6. The molecule has 5 nitrogen and oxygen atoms in total. The Morgan fingerprint density at radius 3 is 2.40 bits per heavy atom. The van der Waals surface area contributed by atoms with Gasteiger partial charge in [-0.15, -0.1) is 4.83 Å². The van der Waals surface area contributed by atoms with Crippen LogP contribution in [0.2, 0.25) is 0 Å². The number of sulfonamides is 1. The van der Waals surface area contributed by atoms with Crippen molar-refractivity contribution in [2.45, 2.75) is 18.7 Å². The van der Waals surface area contributed by atoms with E-state index in [0.717, 1.165) is 5.56 Å². The third-order valence-corrected chi connectivity index (χ3v) is 3.40. The molecule has 0 amide bonds. The molecule has 1 rings (SSSR count). The molecule has 0 unspecified atom stereocenters. The van der Waals surface area contributed by atoms with Gasteiger partial charge in [0.15, 0.2) is 0 Å². The Morgan fingerprint density at radius 1 is 1.33 bits per heavy atom. The molecule has 84 valence electrons. The number of hydrazine groups is 1. The van der Waals surface area contributed by atoms with Crippen molar-refractivity contribution in [1.29, 1.82) is 0 Å². The van der Waals surface area contributed by atoms with Crippen molar-refractivity contribution in [2.75, 3.05) is 7.11 Å². The highest BCUT2D eigenvalue weighted by Crippen LogP contribution is 2.28. The zero-order chi connectivity index (χ0) is 11.6. The highest BCUT2D eigenvalue weighted by molar-refractivity contribution is 7.89. The standard InChI is InChI=1S/C9H14N2O3S/c1-6-4-7(2)9(8(5-6)14-3)15(12,13)11-10/h4-5,11H,10H2,1-3H3. The third-order valence-electron chi connectivity index (χ3n) is 2.03. The Kier molecular flexibility index (Phi) is 3.33. The number of benzene rings is 1. The normalized spacial score (nSPS) is 11.5. The Hall–Kier alpha value is -1.11. The summed E-state index contributed by atoms with van der Waals surface area (Å²) in [5, 5.41) is 0. The maximum Gasteiger partial charge on any atom is 0.257 e. The van der Waals surface area contributed by atoms with Crippen molar-refractivity contribution in [3.63, 3.8) is 0 Å². The van der Waals surface area contributed by atoms with Gasteiger partial charge >= 0.3 is 0 Å². The lowest BCUT2D eigenvalue weighted by Gasteiger charge is -2.12. The molecule has 0 aliphatic heterocycles. The average molecular weight is 230 g/mol. The lowest BCUT2D eigenvalue weighted by molar-refractivity contribution is 0.401. The fourth-order valence-electron chi connectivity index (χ4n) is 1.47. The minimum absolute atomic E-state index is 0.0816. The van der Waals surface area contributed by atoms with Gasteiger partial charge in [-0.1, -0.05) is 6.07 Å². The van der Waals surface area contributed by atoms with Crippen LogP contribution >= 0.6 is 0 Å². The molecule has 6 heteroatoms. The molecule has 0 fully saturated rings. The number of ether oxygens (including phenoxy) is 1. The molecule has 1 aromatic rings. The molecule has 15 heavy (non-hydrogen) atoms. The van der Waals surface area contributed by atoms with Crippen molar-refractivity contribution in [3.8, 4) is 5.75 Å². The molecular weight excluding hydrogens is 216 g/mol. The van der Waals surface area contributed by atoms with E-state index in [2.05, 4.69) is 0 Å². The lowest BCUT2D eigenvalue weighted by atomic mass is 10.1. The van der Waals surface area contributed by atoms with Crippen molar-refractivity contribution in [1.82, 2.24) is 4.83 Å². The highest BCUT2D eigenvalue weighted by Gasteiger charge is 2.20. The topological polar surface area (TPSA) is 81.4 Å². The predicted molar refractivity (Wildman–Crippen MR) is 57.0 cm³/mol. The first kappa shape index (κ1) is 12.0. The van der Waals surface area contributed by atoms with Crippen molar-refractivity contribution < 1.29 is 13.2 Å². The number of hydrogen-bond donors (Lipinski definition) is 2. The predicted octanol–water partition coefficient (Wildman–Crippen LogP) is 0.464. The van der Waals surface area contributed by atoms with Crippen molar-refractivity contribution in [2.24, 2.45) is 5.84 Å². The summed E-state index contributed by atoms with van der Waals surface area (Å²) in [5.74, 6) is 5.27. The summed E-state index contributed by atoms with van der Waals surface area (Å²) in [6.45, 7) is 3.56. The second-order valence-corrected chi connectivity index (χ2v) is 4.89. The highest BCUT2D eigenvalue weighted by atomic mass is 32.2. The number of rotatable bonds is 3. The van der Waals surface area contributed by atoms with Crippen LogP contribution < -0.4 is 15.4 Å². The molecule has 0 radical (unpaired) electrons. The summed E-state index contributed by atoms with van der Waals surface area (Å²) in [6.07, 6.45) is 0. The van der Waals surface area contributed by atoms with Gasteiger partial charge in [0.05, 0.1) is 7.11 Å². The fraction of sp³-hybridized carbons (Fsp3) is 0.333. The van der Waals surface area contributed by atoms with Gasteiger partial charge < -0.3 is 4.74 Å². The van der Waals surface area contributed by atoms with Crippen LogP contribution in [0, 0.1) is 13.8 Å². The van der Waals surface area contributed by atoms with Gasteiger partial charge in [-0.05, 0) is 31.0 Å². The van der Waals surface area contributed by atoms with E-state index in [1.165, 1.54) is 7.11 Å². The minimum Gasteiger partial charge on any atom is -0.495 e. The Balaban J connectivity index is 3.54. The van der Waals surface area contributed by atoms with E-state index in [4.69, 9.17) is 10.6 Å². The molecule has 3 N–H and O–H groups in total.